The summed E-state index contributed by atoms with van der Waals surface area (Å²) in [5, 5.41) is 7.04. The molecule has 0 spiro atoms. The van der Waals surface area contributed by atoms with Crippen LogP contribution in [0.15, 0.2) is 76.3 Å². The molecule has 1 aromatic heterocycles. The standard InChI is InChI=1S/C21H21N3O4S2/c1-15(25)22-17-9-11-18(12-10-17)23-21(26)19(14-16-6-3-2-4-7-16)24-30(27,28)20-8-5-13-29-20/h2-13,19,24H,14H2,1H3,(H,22,25)(H,23,26)/t19-/m0/s1. The predicted molar refractivity (Wildman–Crippen MR) is 118 cm³/mol. The molecule has 3 aromatic rings. The third kappa shape index (κ3) is 5.99. The highest BCUT2D eigenvalue weighted by Crippen LogP contribution is 2.18. The number of benzene rings is 2. The van der Waals surface area contributed by atoms with Gasteiger partial charge >= 0.3 is 0 Å². The molecule has 0 saturated heterocycles. The van der Waals surface area contributed by atoms with Gasteiger partial charge in [-0.3, -0.25) is 9.59 Å². The fraction of sp³-hybridized carbons (Fsp3) is 0.143. The molecule has 1 atom stereocenters. The molecule has 1 heterocycles. The van der Waals surface area contributed by atoms with Crippen molar-refractivity contribution < 1.29 is 18.0 Å². The molecule has 0 radical (unpaired) electrons. The topological polar surface area (TPSA) is 104 Å². The van der Waals surface area contributed by atoms with E-state index in [-0.39, 0.29) is 16.5 Å². The van der Waals surface area contributed by atoms with Gasteiger partial charge in [0.15, 0.2) is 0 Å². The fourth-order valence-electron chi connectivity index (χ4n) is 2.77. The minimum absolute atomic E-state index is 0.146. The van der Waals surface area contributed by atoms with Gasteiger partial charge in [-0.15, -0.1) is 11.3 Å². The van der Waals surface area contributed by atoms with Gasteiger partial charge < -0.3 is 10.6 Å². The number of sulfonamides is 1. The summed E-state index contributed by atoms with van der Waals surface area (Å²) in [5.74, 6) is -0.677. The average molecular weight is 444 g/mol. The molecule has 30 heavy (non-hydrogen) atoms. The summed E-state index contributed by atoms with van der Waals surface area (Å²) in [6.45, 7) is 1.41. The van der Waals surface area contributed by atoms with E-state index in [1.54, 1.807) is 35.7 Å². The maximum Gasteiger partial charge on any atom is 0.250 e. The first-order valence-corrected chi connectivity index (χ1v) is 11.5. The van der Waals surface area contributed by atoms with Crippen LogP contribution in [0.4, 0.5) is 11.4 Å². The minimum Gasteiger partial charge on any atom is -0.326 e. The monoisotopic (exact) mass is 443 g/mol. The van der Waals surface area contributed by atoms with Crippen LogP contribution in [0.2, 0.25) is 0 Å². The van der Waals surface area contributed by atoms with Crippen LogP contribution in [0.5, 0.6) is 0 Å². The molecular weight excluding hydrogens is 422 g/mol. The smallest absolute Gasteiger partial charge is 0.250 e. The average Bonchev–Trinajstić information content (AvgIpc) is 3.25. The van der Waals surface area contributed by atoms with Crippen molar-refractivity contribution in [1.29, 1.82) is 0 Å². The summed E-state index contributed by atoms with van der Waals surface area (Å²) < 4.78 is 28.0. The molecule has 0 aliphatic rings. The second-order valence-corrected chi connectivity index (χ2v) is 9.43. The quantitative estimate of drug-likeness (QED) is 0.497. The van der Waals surface area contributed by atoms with Crippen molar-refractivity contribution in [2.45, 2.75) is 23.6 Å². The fourth-order valence-corrected chi connectivity index (χ4v) is 4.97. The van der Waals surface area contributed by atoms with Crippen molar-refractivity contribution in [2.75, 3.05) is 10.6 Å². The molecule has 2 amide bonds. The Hall–Kier alpha value is -3.01. The third-order valence-corrected chi connectivity index (χ3v) is 7.00. The first-order chi connectivity index (χ1) is 14.3. The Morgan fingerprint density at radius 1 is 0.900 bits per heavy atom. The van der Waals surface area contributed by atoms with Gasteiger partial charge in [-0.05, 0) is 47.7 Å². The molecule has 7 nitrogen and oxygen atoms in total. The molecule has 3 rings (SSSR count). The lowest BCUT2D eigenvalue weighted by Crippen LogP contribution is -2.45. The van der Waals surface area contributed by atoms with Crippen LogP contribution in [0.25, 0.3) is 0 Å². The van der Waals surface area contributed by atoms with Crippen LogP contribution in [0.1, 0.15) is 12.5 Å². The molecule has 0 fully saturated rings. The Kier molecular flexibility index (Phi) is 6.99. The summed E-state index contributed by atoms with van der Waals surface area (Å²) in [5.41, 5.74) is 1.91. The molecule has 9 heteroatoms. The van der Waals surface area contributed by atoms with Crippen LogP contribution < -0.4 is 15.4 Å². The maximum atomic E-state index is 12.9. The molecular formula is C21H21N3O4S2. The molecule has 156 valence electrons. The Labute approximate surface area is 179 Å². The number of thiophene rings is 1. The highest BCUT2D eigenvalue weighted by atomic mass is 32.2. The van der Waals surface area contributed by atoms with Gasteiger partial charge in [0.05, 0.1) is 0 Å². The van der Waals surface area contributed by atoms with Crippen molar-refractivity contribution in [3.05, 3.63) is 77.7 Å². The van der Waals surface area contributed by atoms with Crippen molar-refractivity contribution in [2.24, 2.45) is 0 Å². The highest BCUT2D eigenvalue weighted by Gasteiger charge is 2.26. The largest absolute Gasteiger partial charge is 0.326 e. The lowest BCUT2D eigenvalue weighted by Gasteiger charge is -2.18. The number of hydrogen-bond acceptors (Lipinski definition) is 5. The summed E-state index contributed by atoms with van der Waals surface area (Å²) in [6.07, 6.45) is 0.196. The SMILES string of the molecule is CC(=O)Nc1ccc(NC(=O)[C@H](Cc2ccccc2)NS(=O)(=O)c2cccs2)cc1. The lowest BCUT2D eigenvalue weighted by molar-refractivity contribution is -0.117. The third-order valence-electron chi connectivity index (χ3n) is 4.13. The van der Waals surface area contributed by atoms with Gasteiger partial charge in [0.2, 0.25) is 11.8 Å². The van der Waals surface area contributed by atoms with Crippen molar-refractivity contribution in [3.8, 4) is 0 Å². The van der Waals surface area contributed by atoms with Crippen molar-refractivity contribution in [1.82, 2.24) is 4.72 Å². The Morgan fingerprint density at radius 3 is 2.10 bits per heavy atom. The second kappa shape index (κ2) is 9.66. The number of hydrogen-bond donors (Lipinski definition) is 3. The van der Waals surface area contributed by atoms with E-state index in [4.69, 9.17) is 0 Å². The number of amides is 2. The van der Waals surface area contributed by atoms with Crippen LogP contribution >= 0.6 is 11.3 Å². The van der Waals surface area contributed by atoms with Crippen LogP contribution in [-0.2, 0) is 26.0 Å². The van der Waals surface area contributed by atoms with Gasteiger partial charge in [-0.25, -0.2) is 8.42 Å². The lowest BCUT2D eigenvalue weighted by atomic mass is 10.1. The first-order valence-electron chi connectivity index (χ1n) is 9.12. The number of carbonyl (C=O) groups excluding carboxylic acids is 2. The predicted octanol–water partition coefficient (Wildman–Crippen LogP) is 3.23. The normalized spacial score (nSPS) is 12.2. The molecule has 0 bridgehead atoms. The Morgan fingerprint density at radius 2 is 1.53 bits per heavy atom. The van der Waals surface area contributed by atoms with E-state index in [9.17, 15) is 18.0 Å². The van der Waals surface area contributed by atoms with E-state index in [0.717, 1.165) is 16.9 Å². The molecule has 0 saturated carbocycles. The van der Waals surface area contributed by atoms with E-state index < -0.39 is 22.0 Å². The molecule has 0 aliphatic heterocycles. The Balaban J connectivity index is 1.78. The van der Waals surface area contributed by atoms with E-state index in [2.05, 4.69) is 15.4 Å². The molecule has 2 aromatic carbocycles. The Bertz CT molecular complexity index is 1100. The van der Waals surface area contributed by atoms with E-state index in [1.807, 2.05) is 30.3 Å². The zero-order chi connectivity index (χ0) is 21.6. The van der Waals surface area contributed by atoms with Crippen molar-refractivity contribution >= 4 is 44.5 Å². The molecule has 0 aliphatic carbocycles. The maximum absolute atomic E-state index is 12.9. The van der Waals surface area contributed by atoms with Crippen molar-refractivity contribution in [3.63, 3.8) is 0 Å². The van der Waals surface area contributed by atoms with Crippen LogP contribution in [0.3, 0.4) is 0 Å². The molecule has 0 unspecified atom stereocenters. The van der Waals surface area contributed by atoms with Gasteiger partial charge in [0.1, 0.15) is 10.3 Å². The first kappa shape index (κ1) is 21.7. The summed E-state index contributed by atoms with van der Waals surface area (Å²) in [7, 11) is -3.83. The van der Waals surface area contributed by atoms with Gasteiger partial charge in [0, 0.05) is 18.3 Å². The summed E-state index contributed by atoms with van der Waals surface area (Å²) in [6, 6.07) is 17.9. The zero-order valence-electron chi connectivity index (χ0n) is 16.2. The van der Waals surface area contributed by atoms with E-state index in [1.165, 1.54) is 13.0 Å². The number of nitrogens with one attached hydrogen (secondary N) is 3. The van der Waals surface area contributed by atoms with E-state index >= 15 is 0 Å². The number of rotatable bonds is 8. The zero-order valence-corrected chi connectivity index (χ0v) is 17.8. The number of anilines is 2. The van der Waals surface area contributed by atoms with Gasteiger partial charge in [-0.1, -0.05) is 36.4 Å². The second-order valence-electron chi connectivity index (χ2n) is 6.54. The van der Waals surface area contributed by atoms with Gasteiger partial charge in [0.25, 0.3) is 10.0 Å². The van der Waals surface area contributed by atoms with Crippen LogP contribution in [0, 0.1) is 0 Å². The molecule has 3 N–H and O–H groups in total. The van der Waals surface area contributed by atoms with Crippen LogP contribution in [-0.4, -0.2) is 26.3 Å². The van der Waals surface area contributed by atoms with E-state index in [0.29, 0.717) is 11.4 Å². The summed E-state index contributed by atoms with van der Waals surface area (Å²) in [4.78, 5) is 24.0. The minimum atomic E-state index is -3.83. The number of carbonyl (C=O) groups is 2. The van der Waals surface area contributed by atoms with Gasteiger partial charge in [-0.2, -0.15) is 4.72 Å². The summed E-state index contributed by atoms with van der Waals surface area (Å²) >= 11 is 1.08. The highest BCUT2D eigenvalue weighted by molar-refractivity contribution is 7.91.